The van der Waals surface area contributed by atoms with Crippen LogP contribution < -0.4 is 10.6 Å². The topological polar surface area (TPSA) is 97.3 Å². The third-order valence-electron chi connectivity index (χ3n) is 6.12. The molecule has 3 fully saturated rings. The number of fused-ring (bicyclic) bond motifs is 3. The lowest BCUT2D eigenvalue weighted by atomic mass is 9.97. The molecule has 4 atom stereocenters. The molecule has 2 N–H and O–H groups in total. The number of nitrogens with zero attached hydrogens (tertiary/aromatic N) is 4. The largest absolute Gasteiger partial charge is 0.335 e. The van der Waals surface area contributed by atoms with Gasteiger partial charge in [0.05, 0.1) is 6.34 Å². The molecule has 3 saturated heterocycles. The van der Waals surface area contributed by atoms with Crippen molar-refractivity contribution in [3.05, 3.63) is 0 Å². The Morgan fingerprint density at radius 3 is 2.52 bits per heavy atom. The third kappa shape index (κ3) is 2.79. The van der Waals surface area contributed by atoms with Gasteiger partial charge in [0.15, 0.2) is 6.17 Å². The number of imide groups is 2. The first kappa shape index (κ1) is 18.5. The summed E-state index contributed by atoms with van der Waals surface area (Å²) in [6.45, 7) is 4.59. The molecule has 4 unspecified atom stereocenters. The van der Waals surface area contributed by atoms with Gasteiger partial charge in [-0.25, -0.2) is 19.5 Å². The number of hydrogen-bond donors (Lipinski definition) is 2. The standard InChI is InChI=1S/C17H25ClN6O3/c1-3-22(4-2)16(27)24-14-17(18,13(25)21-15(24)26)19-9-23(14)12-7-10-5-6-11(8-12)20-10/h9-12,14,20H,3-8H2,1-2H3,(H,21,25,26). The van der Waals surface area contributed by atoms with E-state index in [0.717, 1.165) is 30.6 Å². The number of hydrogen-bond acceptors (Lipinski definition) is 6. The fourth-order valence-corrected chi connectivity index (χ4v) is 5.02. The number of nitrogens with one attached hydrogen (secondary N) is 2. The maximum Gasteiger partial charge on any atom is 0.334 e. The van der Waals surface area contributed by atoms with Crippen LogP contribution in [0, 0.1) is 0 Å². The Bertz CT molecular complexity index is 686. The van der Waals surface area contributed by atoms with Crippen LogP contribution in [0.25, 0.3) is 0 Å². The molecule has 4 heterocycles. The van der Waals surface area contributed by atoms with Crippen molar-refractivity contribution in [3.8, 4) is 0 Å². The highest BCUT2D eigenvalue weighted by atomic mass is 35.5. The van der Waals surface area contributed by atoms with Crippen molar-refractivity contribution in [2.24, 2.45) is 4.99 Å². The highest BCUT2D eigenvalue weighted by molar-refractivity contribution is 6.38. The Morgan fingerprint density at radius 2 is 1.93 bits per heavy atom. The van der Waals surface area contributed by atoms with E-state index in [1.807, 2.05) is 18.7 Å². The normalized spacial score (nSPS) is 37.4. The van der Waals surface area contributed by atoms with Gasteiger partial charge in [-0.1, -0.05) is 11.6 Å². The number of piperidine rings is 1. The number of rotatable bonds is 3. The Balaban J connectivity index is 1.68. The fourth-order valence-electron chi connectivity index (χ4n) is 4.72. The van der Waals surface area contributed by atoms with Crippen LogP contribution in [-0.2, 0) is 4.79 Å². The van der Waals surface area contributed by atoms with Crippen LogP contribution in [0.5, 0.6) is 0 Å². The van der Waals surface area contributed by atoms with Gasteiger partial charge in [-0.2, -0.15) is 0 Å². The number of halogens is 1. The first-order valence-electron chi connectivity index (χ1n) is 9.60. The van der Waals surface area contributed by atoms with Gasteiger partial charge in [-0.15, -0.1) is 0 Å². The third-order valence-corrected chi connectivity index (χ3v) is 6.58. The van der Waals surface area contributed by atoms with E-state index in [2.05, 4.69) is 15.6 Å². The van der Waals surface area contributed by atoms with Crippen LogP contribution in [0.4, 0.5) is 9.59 Å². The van der Waals surface area contributed by atoms with Gasteiger partial charge < -0.3 is 15.1 Å². The summed E-state index contributed by atoms with van der Waals surface area (Å²) < 4.78 is 0. The van der Waals surface area contributed by atoms with Gasteiger partial charge >= 0.3 is 12.1 Å². The minimum atomic E-state index is -1.71. The molecule has 5 amide bonds. The molecule has 0 saturated carbocycles. The van der Waals surface area contributed by atoms with Crippen molar-refractivity contribution in [2.75, 3.05) is 13.1 Å². The molecule has 4 rings (SSSR count). The molecule has 0 radical (unpaired) electrons. The minimum Gasteiger partial charge on any atom is -0.335 e. The molecule has 148 valence electrons. The van der Waals surface area contributed by atoms with Crippen molar-refractivity contribution >= 4 is 35.9 Å². The second-order valence-corrected chi connectivity index (χ2v) is 8.16. The molecule has 4 aliphatic rings. The molecule has 0 aromatic carbocycles. The number of amides is 5. The van der Waals surface area contributed by atoms with E-state index >= 15 is 0 Å². The lowest BCUT2D eigenvalue weighted by molar-refractivity contribution is -0.127. The maximum absolute atomic E-state index is 13.1. The van der Waals surface area contributed by atoms with Crippen LogP contribution >= 0.6 is 11.6 Å². The molecule has 0 aliphatic carbocycles. The fraction of sp³-hybridized carbons (Fsp3) is 0.765. The van der Waals surface area contributed by atoms with E-state index < -0.39 is 29.1 Å². The average Bonchev–Trinajstić information content (AvgIpc) is 3.17. The summed E-state index contributed by atoms with van der Waals surface area (Å²) in [5.41, 5.74) is 0. The van der Waals surface area contributed by atoms with Crippen LogP contribution in [0.15, 0.2) is 4.99 Å². The lowest BCUT2D eigenvalue weighted by Crippen LogP contribution is -2.73. The summed E-state index contributed by atoms with van der Waals surface area (Å²) in [5, 5.41) is 5.77. The van der Waals surface area contributed by atoms with Gasteiger partial charge in [0.2, 0.25) is 0 Å². The van der Waals surface area contributed by atoms with E-state index in [4.69, 9.17) is 11.6 Å². The monoisotopic (exact) mass is 396 g/mol. The van der Waals surface area contributed by atoms with Gasteiger partial charge in [-0.3, -0.25) is 10.1 Å². The molecule has 0 spiro atoms. The first-order chi connectivity index (χ1) is 12.9. The average molecular weight is 397 g/mol. The predicted molar refractivity (Wildman–Crippen MR) is 99.4 cm³/mol. The molecular formula is C17H25ClN6O3. The number of urea groups is 2. The maximum atomic E-state index is 13.1. The minimum absolute atomic E-state index is 0.0730. The number of carbonyl (C=O) groups excluding carboxylic acids is 3. The van der Waals surface area contributed by atoms with Gasteiger partial charge in [-0.05, 0) is 39.5 Å². The van der Waals surface area contributed by atoms with Gasteiger partial charge in [0, 0.05) is 31.2 Å². The number of carbonyl (C=O) groups is 3. The zero-order chi connectivity index (χ0) is 19.3. The zero-order valence-electron chi connectivity index (χ0n) is 15.5. The smallest absolute Gasteiger partial charge is 0.334 e. The summed E-state index contributed by atoms with van der Waals surface area (Å²) in [6.07, 6.45) is 4.57. The van der Waals surface area contributed by atoms with E-state index in [1.54, 1.807) is 6.34 Å². The van der Waals surface area contributed by atoms with E-state index in [9.17, 15) is 14.4 Å². The second kappa shape index (κ2) is 6.63. The molecule has 9 nitrogen and oxygen atoms in total. The summed E-state index contributed by atoms with van der Waals surface area (Å²) in [7, 11) is 0. The molecule has 10 heteroatoms. The highest BCUT2D eigenvalue weighted by Gasteiger charge is 2.61. The summed E-state index contributed by atoms with van der Waals surface area (Å²) in [6, 6.07) is -0.318. The summed E-state index contributed by atoms with van der Waals surface area (Å²) >= 11 is 6.59. The molecule has 2 bridgehead atoms. The highest BCUT2D eigenvalue weighted by Crippen LogP contribution is 2.40. The number of aliphatic imine (C=N–C) groups is 1. The number of alkyl halides is 1. The Morgan fingerprint density at radius 1 is 1.30 bits per heavy atom. The Kier molecular flexibility index (Phi) is 4.54. The van der Waals surface area contributed by atoms with Crippen LogP contribution in [0.2, 0.25) is 0 Å². The zero-order valence-corrected chi connectivity index (χ0v) is 16.3. The van der Waals surface area contributed by atoms with E-state index in [-0.39, 0.29) is 6.04 Å². The van der Waals surface area contributed by atoms with Crippen molar-refractivity contribution < 1.29 is 14.4 Å². The van der Waals surface area contributed by atoms with Crippen LogP contribution in [0.3, 0.4) is 0 Å². The first-order valence-corrected chi connectivity index (χ1v) is 9.98. The SMILES string of the molecule is CCN(CC)C(=O)N1C(=O)NC(=O)C2(Cl)N=CN(C3CC4CCC(C3)N4)C12. The van der Waals surface area contributed by atoms with Gasteiger partial charge in [0.25, 0.3) is 10.9 Å². The van der Waals surface area contributed by atoms with Crippen LogP contribution in [-0.4, -0.2) is 81.4 Å². The van der Waals surface area contributed by atoms with Crippen molar-refractivity contribution in [2.45, 2.75) is 68.8 Å². The van der Waals surface area contributed by atoms with Crippen molar-refractivity contribution in [3.63, 3.8) is 0 Å². The summed E-state index contributed by atoms with van der Waals surface area (Å²) in [5.74, 6) is -0.682. The van der Waals surface area contributed by atoms with E-state index in [0.29, 0.717) is 25.2 Å². The Labute approximate surface area is 163 Å². The molecule has 0 aromatic rings. The molecule has 0 aromatic heterocycles. The van der Waals surface area contributed by atoms with Crippen molar-refractivity contribution in [1.82, 2.24) is 25.3 Å². The lowest BCUT2D eigenvalue weighted by Gasteiger charge is -2.47. The predicted octanol–water partition coefficient (Wildman–Crippen LogP) is 0.888. The summed E-state index contributed by atoms with van der Waals surface area (Å²) in [4.78, 5) is 45.2. The second-order valence-electron chi connectivity index (χ2n) is 7.59. The quantitative estimate of drug-likeness (QED) is 0.545. The molecule has 27 heavy (non-hydrogen) atoms. The van der Waals surface area contributed by atoms with E-state index in [1.165, 1.54) is 4.90 Å². The van der Waals surface area contributed by atoms with Crippen molar-refractivity contribution in [1.29, 1.82) is 0 Å². The molecule has 4 aliphatic heterocycles. The van der Waals surface area contributed by atoms with Crippen LogP contribution in [0.1, 0.15) is 39.5 Å². The van der Waals surface area contributed by atoms with Gasteiger partial charge in [0.1, 0.15) is 0 Å². The molecular weight excluding hydrogens is 372 g/mol. The Hall–Kier alpha value is -1.87.